The second kappa shape index (κ2) is 5.06. The number of fused-ring (bicyclic) bond motifs is 2. The molecule has 0 spiro atoms. The lowest BCUT2D eigenvalue weighted by Gasteiger charge is -2.18. The molecule has 0 atom stereocenters. The highest BCUT2D eigenvalue weighted by Gasteiger charge is 2.27. The SMILES string of the molecule is Cc1c2c(c(Nc3n[nH]c(S(C)(=O)=O)n3)c3c1CCC3)CCC2. The van der Waals surface area contributed by atoms with Crippen LogP contribution in [0.25, 0.3) is 0 Å². The summed E-state index contributed by atoms with van der Waals surface area (Å²) < 4.78 is 23.1. The number of rotatable bonds is 3. The van der Waals surface area contributed by atoms with Gasteiger partial charge in [-0.05, 0) is 73.3 Å². The number of nitrogens with zero attached hydrogens (tertiary/aromatic N) is 2. The smallest absolute Gasteiger partial charge is 0.247 e. The number of hydrogen-bond acceptors (Lipinski definition) is 5. The molecule has 0 saturated heterocycles. The molecule has 0 amide bonds. The van der Waals surface area contributed by atoms with Gasteiger partial charge in [-0.2, -0.15) is 4.98 Å². The van der Waals surface area contributed by atoms with Crippen LogP contribution in [-0.4, -0.2) is 29.9 Å². The first-order valence-corrected chi connectivity index (χ1v) is 9.90. The number of H-pyrrole nitrogens is 1. The van der Waals surface area contributed by atoms with Gasteiger partial charge >= 0.3 is 0 Å². The van der Waals surface area contributed by atoms with E-state index in [1.807, 2.05) is 0 Å². The summed E-state index contributed by atoms with van der Waals surface area (Å²) in [7, 11) is -3.37. The van der Waals surface area contributed by atoms with Crippen molar-refractivity contribution in [3.63, 3.8) is 0 Å². The second-order valence-electron chi connectivity index (χ2n) is 6.48. The van der Waals surface area contributed by atoms with Gasteiger partial charge in [-0.15, -0.1) is 5.10 Å². The molecule has 0 unspecified atom stereocenters. The lowest BCUT2D eigenvalue weighted by Crippen LogP contribution is -2.05. The molecule has 0 radical (unpaired) electrons. The van der Waals surface area contributed by atoms with E-state index in [4.69, 9.17) is 0 Å². The van der Waals surface area contributed by atoms with Crippen molar-refractivity contribution in [1.82, 2.24) is 15.2 Å². The summed E-state index contributed by atoms with van der Waals surface area (Å²) in [5.74, 6) is 0.331. The van der Waals surface area contributed by atoms with Crippen molar-refractivity contribution in [2.24, 2.45) is 0 Å². The highest BCUT2D eigenvalue weighted by molar-refractivity contribution is 7.90. The standard InChI is InChI=1S/C16H20N4O2S/c1-9-10-5-3-7-12(10)14(13-8-4-6-11(9)13)17-15-18-16(20-19-15)23(2,21)22/h3-8H2,1-2H3,(H2,17,18,19,20). The summed E-state index contributed by atoms with van der Waals surface area (Å²) in [6.45, 7) is 2.24. The molecule has 0 saturated carbocycles. The third-order valence-electron chi connectivity index (χ3n) is 5.00. The Kier molecular flexibility index (Phi) is 3.23. The van der Waals surface area contributed by atoms with E-state index in [1.165, 1.54) is 40.7 Å². The van der Waals surface area contributed by atoms with Gasteiger partial charge in [0, 0.05) is 11.9 Å². The molecule has 4 rings (SSSR count). The molecular formula is C16H20N4O2S. The van der Waals surface area contributed by atoms with Crippen molar-refractivity contribution in [2.75, 3.05) is 11.6 Å². The molecule has 6 nitrogen and oxygen atoms in total. The van der Waals surface area contributed by atoms with Crippen molar-refractivity contribution in [3.05, 3.63) is 27.8 Å². The Morgan fingerprint density at radius 2 is 1.57 bits per heavy atom. The summed E-state index contributed by atoms with van der Waals surface area (Å²) in [6, 6.07) is 0. The number of aromatic nitrogens is 3. The number of anilines is 2. The van der Waals surface area contributed by atoms with E-state index < -0.39 is 9.84 Å². The first-order chi connectivity index (χ1) is 10.9. The summed E-state index contributed by atoms with van der Waals surface area (Å²) in [5.41, 5.74) is 8.25. The highest BCUT2D eigenvalue weighted by atomic mass is 32.2. The van der Waals surface area contributed by atoms with Gasteiger partial charge in [-0.1, -0.05) is 0 Å². The topological polar surface area (TPSA) is 87.7 Å². The van der Waals surface area contributed by atoms with Gasteiger partial charge in [-0.3, -0.25) is 0 Å². The average Bonchev–Trinajstić information content (AvgIpc) is 3.21. The van der Waals surface area contributed by atoms with E-state index in [2.05, 4.69) is 27.4 Å². The van der Waals surface area contributed by atoms with Crippen molar-refractivity contribution >= 4 is 21.5 Å². The number of aromatic amines is 1. The van der Waals surface area contributed by atoms with Crippen LogP contribution in [0.2, 0.25) is 0 Å². The van der Waals surface area contributed by atoms with Crippen molar-refractivity contribution in [2.45, 2.75) is 50.6 Å². The molecule has 2 aromatic rings. The third kappa shape index (κ3) is 2.34. The van der Waals surface area contributed by atoms with Crippen LogP contribution < -0.4 is 5.32 Å². The number of sulfone groups is 1. The lowest BCUT2D eigenvalue weighted by molar-refractivity contribution is 0.594. The molecule has 0 bridgehead atoms. The van der Waals surface area contributed by atoms with Crippen LogP contribution in [0, 0.1) is 6.92 Å². The Bertz CT molecular complexity index is 864. The fourth-order valence-corrected chi connectivity index (χ4v) is 4.43. The zero-order valence-corrected chi connectivity index (χ0v) is 14.2. The minimum absolute atomic E-state index is 0.0968. The van der Waals surface area contributed by atoms with E-state index >= 15 is 0 Å². The van der Waals surface area contributed by atoms with Crippen molar-refractivity contribution in [3.8, 4) is 0 Å². The Balaban J connectivity index is 1.80. The predicted molar refractivity (Wildman–Crippen MR) is 88.0 cm³/mol. The first-order valence-electron chi connectivity index (χ1n) is 8.00. The molecule has 1 heterocycles. The molecule has 0 aliphatic heterocycles. The van der Waals surface area contributed by atoms with Crippen molar-refractivity contribution in [1.29, 1.82) is 0 Å². The maximum atomic E-state index is 11.6. The zero-order chi connectivity index (χ0) is 16.2. The highest BCUT2D eigenvalue weighted by Crippen LogP contribution is 2.42. The molecule has 23 heavy (non-hydrogen) atoms. The molecule has 1 aromatic heterocycles. The fourth-order valence-electron chi connectivity index (χ4n) is 3.96. The molecule has 2 aliphatic carbocycles. The molecular weight excluding hydrogens is 312 g/mol. The van der Waals surface area contributed by atoms with Crippen LogP contribution >= 0.6 is 0 Å². The average molecular weight is 332 g/mol. The van der Waals surface area contributed by atoms with E-state index in [0.717, 1.165) is 37.6 Å². The third-order valence-corrected chi connectivity index (χ3v) is 5.88. The Hall–Kier alpha value is -1.89. The van der Waals surface area contributed by atoms with Gasteiger partial charge in [0.05, 0.1) is 0 Å². The lowest BCUT2D eigenvalue weighted by atomic mass is 9.93. The second-order valence-corrected chi connectivity index (χ2v) is 8.41. The number of hydrogen-bond donors (Lipinski definition) is 2. The quantitative estimate of drug-likeness (QED) is 0.900. The van der Waals surface area contributed by atoms with Gasteiger partial charge in [0.2, 0.25) is 20.9 Å². The van der Waals surface area contributed by atoms with Gasteiger partial charge in [0.1, 0.15) is 0 Å². The van der Waals surface area contributed by atoms with Gasteiger partial charge < -0.3 is 5.32 Å². The van der Waals surface area contributed by atoms with E-state index in [-0.39, 0.29) is 5.16 Å². The predicted octanol–water partition coefficient (Wildman–Crippen LogP) is 2.24. The molecule has 7 heteroatoms. The van der Waals surface area contributed by atoms with E-state index in [0.29, 0.717) is 5.95 Å². The van der Waals surface area contributed by atoms with E-state index in [9.17, 15) is 8.42 Å². The van der Waals surface area contributed by atoms with E-state index in [1.54, 1.807) is 0 Å². The van der Waals surface area contributed by atoms with Crippen LogP contribution in [-0.2, 0) is 35.5 Å². The van der Waals surface area contributed by atoms with Crippen LogP contribution in [0.4, 0.5) is 11.6 Å². The molecule has 2 aliphatic rings. The van der Waals surface area contributed by atoms with Gasteiger partial charge in [-0.25, -0.2) is 13.5 Å². The Morgan fingerprint density at radius 3 is 2.09 bits per heavy atom. The maximum Gasteiger partial charge on any atom is 0.247 e. The molecule has 0 fully saturated rings. The van der Waals surface area contributed by atoms with Crippen LogP contribution in [0.5, 0.6) is 0 Å². The fraction of sp³-hybridized carbons (Fsp3) is 0.500. The van der Waals surface area contributed by atoms with Crippen molar-refractivity contribution < 1.29 is 8.42 Å². The number of benzene rings is 1. The molecule has 2 N–H and O–H groups in total. The minimum Gasteiger partial charge on any atom is -0.322 e. The summed E-state index contributed by atoms with van der Waals surface area (Å²) >= 11 is 0. The monoisotopic (exact) mass is 332 g/mol. The maximum absolute atomic E-state index is 11.6. The number of nitrogens with one attached hydrogen (secondary N) is 2. The summed E-state index contributed by atoms with van der Waals surface area (Å²) in [4.78, 5) is 4.08. The zero-order valence-electron chi connectivity index (χ0n) is 13.4. The first kappa shape index (κ1) is 14.7. The van der Waals surface area contributed by atoms with Crippen LogP contribution in [0.3, 0.4) is 0 Å². The minimum atomic E-state index is -3.37. The van der Waals surface area contributed by atoms with Gasteiger partial charge in [0.15, 0.2) is 0 Å². The Labute approximate surface area is 135 Å². The summed E-state index contributed by atoms with van der Waals surface area (Å²) in [5, 5.41) is 9.74. The van der Waals surface area contributed by atoms with Crippen LogP contribution in [0.1, 0.15) is 40.7 Å². The van der Waals surface area contributed by atoms with Gasteiger partial charge in [0.25, 0.3) is 0 Å². The summed E-state index contributed by atoms with van der Waals surface area (Å²) in [6.07, 6.45) is 7.87. The normalized spacial score (nSPS) is 16.4. The van der Waals surface area contributed by atoms with Crippen LogP contribution in [0.15, 0.2) is 5.16 Å². The Morgan fingerprint density at radius 1 is 1.00 bits per heavy atom. The largest absolute Gasteiger partial charge is 0.322 e. The molecule has 122 valence electrons. The molecule has 1 aromatic carbocycles.